The molecule has 0 unspecified atom stereocenters. The average molecular weight is 553 g/mol. The van der Waals surface area contributed by atoms with Gasteiger partial charge in [0.1, 0.15) is 11.7 Å². The fourth-order valence-corrected chi connectivity index (χ4v) is 12.2. The Labute approximate surface area is 235 Å². The van der Waals surface area contributed by atoms with Gasteiger partial charge in [0.2, 0.25) is 5.79 Å². The Bertz CT molecular complexity index is 975. The molecule has 6 heteroatoms. The molecule has 0 aromatic carbocycles. The van der Waals surface area contributed by atoms with E-state index in [1.165, 1.54) is 32.1 Å². The van der Waals surface area contributed by atoms with E-state index in [4.69, 9.17) is 21.1 Å². The fourth-order valence-electron chi connectivity index (χ4n) is 11.6. The lowest BCUT2D eigenvalue weighted by atomic mass is 9.35. The molecule has 0 aromatic rings. The molecule has 5 fully saturated rings. The van der Waals surface area contributed by atoms with E-state index in [0.29, 0.717) is 30.1 Å². The van der Waals surface area contributed by atoms with Crippen LogP contribution in [0.2, 0.25) is 0 Å². The summed E-state index contributed by atoms with van der Waals surface area (Å²) < 4.78 is 12.3. The minimum Gasteiger partial charge on any atom is -0.462 e. The highest BCUT2D eigenvalue weighted by atomic mass is 35.5. The smallest absolute Gasteiger partial charge is 0.302 e. The number of halogens is 1. The number of hydrogen-bond donors (Lipinski definition) is 2. The van der Waals surface area contributed by atoms with Crippen molar-refractivity contribution in [3.63, 3.8) is 0 Å². The summed E-state index contributed by atoms with van der Waals surface area (Å²) in [6, 6.07) is 0. The van der Waals surface area contributed by atoms with Gasteiger partial charge in [0.15, 0.2) is 0 Å². The van der Waals surface area contributed by atoms with E-state index in [2.05, 4.69) is 41.5 Å². The summed E-state index contributed by atoms with van der Waals surface area (Å²) in [4.78, 5) is 11.9. The largest absolute Gasteiger partial charge is 0.462 e. The predicted octanol–water partition coefficient (Wildman–Crippen LogP) is 6.85. The molecule has 0 radical (unpaired) electrons. The van der Waals surface area contributed by atoms with Gasteiger partial charge in [-0.25, -0.2) is 0 Å². The summed E-state index contributed by atoms with van der Waals surface area (Å²) in [5.74, 6) is 0.0874. The van der Waals surface area contributed by atoms with Gasteiger partial charge in [-0.3, -0.25) is 4.79 Å². The van der Waals surface area contributed by atoms with Crippen molar-refractivity contribution < 1.29 is 24.5 Å². The highest BCUT2D eigenvalue weighted by molar-refractivity contribution is 6.21. The maximum Gasteiger partial charge on any atom is 0.302 e. The van der Waals surface area contributed by atoms with Crippen LogP contribution in [0.3, 0.4) is 0 Å². The molecule has 5 nitrogen and oxygen atoms in total. The number of carbonyl (C=O) groups is 1. The molecule has 0 amide bonds. The topological polar surface area (TPSA) is 76.0 Å². The molecule has 38 heavy (non-hydrogen) atoms. The molecule has 4 aliphatic carbocycles. The quantitative estimate of drug-likeness (QED) is 0.296. The van der Waals surface area contributed by atoms with Gasteiger partial charge in [-0.2, -0.15) is 0 Å². The molecule has 5 rings (SSSR count). The van der Waals surface area contributed by atoms with Gasteiger partial charge in [0, 0.05) is 12.3 Å². The second kappa shape index (κ2) is 8.58. The first-order valence-electron chi connectivity index (χ1n) is 15.2. The molecule has 4 saturated carbocycles. The third-order valence-electron chi connectivity index (χ3n) is 13.7. The van der Waals surface area contributed by atoms with Crippen LogP contribution in [0.5, 0.6) is 0 Å². The zero-order valence-electron chi connectivity index (χ0n) is 25.3. The van der Waals surface area contributed by atoms with Crippen LogP contribution in [0, 0.1) is 45.3 Å². The van der Waals surface area contributed by atoms with E-state index in [1.54, 1.807) is 20.8 Å². The lowest BCUT2D eigenvalue weighted by Crippen LogP contribution is -2.64. The third-order valence-corrected chi connectivity index (χ3v) is 14.2. The Hall–Kier alpha value is -0.360. The number of ether oxygens (including phenoxy) is 2. The third kappa shape index (κ3) is 3.69. The van der Waals surface area contributed by atoms with Crippen LogP contribution in [0.1, 0.15) is 120 Å². The van der Waals surface area contributed by atoms with Crippen LogP contribution in [0.4, 0.5) is 0 Å². The van der Waals surface area contributed by atoms with Crippen molar-refractivity contribution in [3.05, 3.63) is 0 Å². The first kappa shape index (κ1) is 29.1. The number of fused-ring (bicyclic) bond motifs is 5. The van der Waals surface area contributed by atoms with Crippen molar-refractivity contribution >= 4 is 17.6 Å². The Morgan fingerprint density at radius 1 is 0.895 bits per heavy atom. The van der Waals surface area contributed by atoms with E-state index < -0.39 is 22.4 Å². The molecule has 218 valence electrons. The zero-order valence-corrected chi connectivity index (χ0v) is 26.1. The monoisotopic (exact) mass is 552 g/mol. The Morgan fingerprint density at radius 2 is 1.53 bits per heavy atom. The van der Waals surface area contributed by atoms with Gasteiger partial charge in [-0.1, -0.05) is 34.6 Å². The molecular formula is C32H53ClO5. The average Bonchev–Trinajstić information content (AvgIpc) is 3.25. The lowest BCUT2D eigenvalue weighted by Gasteiger charge is -2.70. The minimum absolute atomic E-state index is 0.00250. The summed E-state index contributed by atoms with van der Waals surface area (Å²) >= 11 is 6.71. The van der Waals surface area contributed by atoms with Crippen LogP contribution < -0.4 is 0 Å². The molecule has 1 saturated heterocycles. The van der Waals surface area contributed by atoms with Crippen molar-refractivity contribution in [2.75, 3.05) is 0 Å². The van der Waals surface area contributed by atoms with Gasteiger partial charge < -0.3 is 19.7 Å². The van der Waals surface area contributed by atoms with E-state index in [0.717, 1.165) is 19.3 Å². The summed E-state index contributed by atoms with van der Waals surface area (Å²) in [5.41, 5.74) is -1.38. The number of rotatable bonds is 3. The van der Waals surface area contributed by atoms with E-state index >= 15 is 0 Å². The van der Waals surface area contributed by atoms with Crippen LogP contribution >= 0.6 is 11.6 Å². The van der Waals surface area contributed by atoms with Gasteiger partial charge in [0.05, 0.1) is 11.0 Å². The Balaban J connectivity index is 1.44. The summed E-state index contributed by atoms with van der Waals surface area (Å²) in [7, 11) is 0. The number of esters is 1. The molecule has 5 aliphatic rings. The molecule has 1 heterocycles. The summed E-state index contributed by atoms with van der Waals surface area (Å²) in [6.07, 6.45) is 9.64. The lowest BCUT2D eigenvalue weighted by molar-refractivity contribution is -0.305. The second-order valence-corrected chi connectivity index (χ2v) is 16.6. The molecular weight excluding hydrogens is 500 g/mol. The molecule has 2 N–H and O–H groups in total. The molecule has 0 aromatic heterocycles. The van der Waals surface area contributed by atoms with Gasteiger partial charge in [0.25, 0.3) is 0 Å². The second-order valence-electron chi connectivity index (χ2n) is 16.1. The van der Waals surface area contributed by atoms with Crippen molar-refractivity contribution in [2.45, 2.75) is 149 Å². The number of aliphatic hydroxyl groups is 2. The fraction of sp³-hybridized carbons (Fsp3) is 0.969. The van der Waals surface area contributed by atoms with Crippen molar-refractivity contribution in [3.8, 4) is 0 Å². The first-order valence-corrected chi connectivity index (χ1v) is 15.7. The van der Waals surface area contributed by atoms with Gasteiger partial charge in [-0.05, 0) is 118 Å². The maximum atomic E-state index is 11.9. The van der Waals surface area contributed by atoms with Crippen molar-refractivity contribution in [1.82, 2.24) is 0 Å². The first-order chi connectivity index (χ1) is 17.3. The molecule has 1 aliphatic heterocycles. The normalized spacial score (nSPS) is 54.1. The Kier molecular flexibility index (Phi) is 6.58. The minimum atomic E-state index is -1.75. The van der Waals surface area contributed by atoms with E-state index in [9.17, 15) is 15.0 Å². The highest BCUT2D eigenvalue weighted by Gasteiger charge is 2.71. The van der Waals surface area contributed by atoms with Crippen molar-refractivity contribution in [2.24, 2.45) is 45.3 Å². The summed E-state index contributed by atoms with van der Waals surface area (Å²) in [6.45, 7) is 19.3. The van der Waals surface area contributed by atoms with Gasteiger partial charge >= 0.3 is 5.97 Å². The molecule has 0 bridgehead atoms. The van der Waals surface area contributed by atoms with E-state index in [-0.39, 0.29) is 33.7 Å². The predicted molar refractivity (Wildman–Crippen MR) is 150 cm³/mol. The van der Waals surface area contributed by atoms with Crippen LogP contribution in [-0.4, -0.2) is 44.7 Å². The zero-order chi connectivity index (χ0) is 28.3. The van der Waals surface area contributed by atoms with Crippen LogP contribution in [-0.2, 0) is 14.3 Å². The Morgan fingerprint density at radius 3 is 2.11 bits per heavy atom. The SMILES string of the molecule is CC(=O)O[C@@H]1CC[C@]2(C)[C@H]3CC[C@@H]4[C@@H]([C@]5(C)C[C@@H](Cl)[C@](O)(C(C)(C)O)O5)CC[C@@]4(C)[C@]3(C)CC[C@H]2C1(C)C. The van der Waals surface area contributed by atoms with Crippen LogP contribution in [0.25, 0.3) is 0 Å². The highest BCUT2D eigenvalue weighted by Crippen LogP contribution is 2.76. The summed E-state index contributed by atoms with van der Waals surface area (Å²) in [5, 5.41) is 21.5. The number of hydrogen-bond acceptors (Lipinski definition) is 5. The van der Waals surface area contributed by atoms with Crippen LogP contribution in [0.15, 0.2) is 0 Å². The van der Waals surface area contributed by atoms with Gasteiger partial charge in [-0.15, -0.1) is 11.6 Å². The molecule has 0 spiro atoms. The van der Waals surface area contributed by atoms with E-state index in [1.807, 2.05) is 0 Å². The maximum absolute atomic E-state index is 11.9. The number of carbonyl (C=O) groups excluding carboxylic acids is 1. The molecule has 11 atom stereocenters. The number of alkyl halides is 1. The van der Waals surface area contributed by atoms with Crippen molar-refractivity contribution in [1.29, 1.82) is 0 Å². The standard InChI is InChI=1S/C32H53ClO5/c1-19(34)37-25-14-15-28(6)22(26(25,2)3)13-17-30(8)23(28)11-10-20-21(12-16-29(20,30)7)31(9)18-24(33)32(36,38-31)27(4,5)35/h20-25,35-36H,10-18H2,1-9H3/t20-,21+,22+,23-,24-,25-,28+,29-,30-,31+,32-/m1/s1.